The van der Waals surface area contributed by atoms with E-state index in [0.29, 0.717) is 6.04 Å². The highest BCUT2D eigenvalue weighted by Gasteiger charge is 2.19. The molecule has 1 nitrogen and oxygen atoms in total. The topological polar surface area (TPSA) is 12.0 Å². The normalized spacial score (nSPS) is 13.3. The van der Waals surface area contributed by atoms with E-state index in [2.05, 4.69) is 42.9 Å². The minimum Gasteiger partial charge on any atom is -0.310 e. The highest BCUT2D eigenvalue weighted by atomic mass is 32.1. The second kappa shape index (κ2) is 7.02. The molecular formula is C13H23NS. The first-order chi connectivity index (χ1) is 7.33. The Labute approximate surface area is 97.9 Å². The van der Waals surface area contributed by atoms with E-state index < -0.39 is 0 Å². The zero-order valence-electron chi connectivity index (χ0n) is 10.1. The molecule has 0 aromatic carbocycles. The molecule has 1 N–H and O–H groups in total. The predicted octanol–water partition coefficient (Wildman–Crippen LogP) is 4.23. The summed E-state index contributed by atoms with van der Waals surface area (Å²) < 4.78 is 0. The maximum absolute atomic E-state index is 3.68. The fourth-order valence-corrected chi connectivity index (χ4v) is 2.77. The molecule has 1 unspecified atom stereocenters. The van der Waals surface area contributed by atoms with Gasteiger partial charge in [-0.15, -0.1) is 0 Å². The van der Waals surface area contributed by atoms with Gasteiger partial charge in [0.25, 0.3) is 0 Å². The molecular weight excluding hydrogens is 202 g/mol. The molecule has 1 heterocycles. The van der Waals surface area contributed by atoms with Crippen LogP contribution in [-0.4, -0.2) is 6.54 Å². The van der Waals surface area contributed by atoms with E-state index in [4.69, 9.17) is 0 Å². The number of hydrogen-bond acceptors (Lipinski definition) is 2. The molecule has 1 aromatic rings. The summed E-state index contributed by atoms with van der Waals surface area (Å²) in [4.78, 5) is 0. The van der Waals surface area contributed by atoms with Crippen molar-refractivity contribution >= 4 is 11.3 Å². The van der Waals surface area contributed by atoms with Crippen LogP contribution in [0.5, 0.6) is 0 Å². The van der Waals surface area contributed by atoms with E-state index in [1.54, 1.807) is 11.3 Å². The molecule has 0 amide bonds. The van der Waals surface area contributed by atoms with Crippen LogP contribution in [0.4, 0.5) is 0 Å². The molecule has 0 fully saturated rings. The largest absolute Gasteiger partial charge is 0.310 e. The SMILES string of the molecule is CCCNC(c1ccsc1)C(CC)CC. The first kappa shape index (κ1) is 12.7. The zero-order valence-corrected chi connectivity index (χ0v) is 10.9. The second-order valence-electron chi connectivity index (χ2n) is 4.07. The summed E-state index contributed by atoms with van der Waals surface area (Å²) in [6.07, 6.45) is 3.72. The van der Waals surface area contributed by atoms with E-state index >= 15 is 0 Å². The molecule has 0 spiro atoms. The number of rotatable bonds is 7. The van der Waals surface area contributed by atoms with Crippen molar-refractivity contribution in [2.24, 2.45) is 5.92 Å². The lowest BCUT2D eigenvalue weighted by Gasteiger charge is -2.26. The maximum atomic E-state index is 3.68. The third-order valence-electron chi connectivity index (χ3n) is 3.04. The number of nitrogens with one attached hydrogen (secondary N) is 1. The van der Waals surface area contributed by atoms with E-state index in [1.165, 1.54) is 24.8 Å². The Kier molecular flexibility index (Phi) is 5.96. The zero-order chi connectivity index (χ0) is 11.1. The molecule has 0 saturated carbocycles. The lowest BCUT2D eigenvalue weighted by Crippen LogP contribution is -2.28. The average molecular weight is 225 g/mol. The molecule has 0 radical (unpaired) electrons. The first-order valence-electron chi connectivity index (χ1n) is 6.08. The monoisotopic (exact) mass is 225 g/mol. The molecule has 2 heteroatoms. The van der Waals surface area contributed by atoms with Crippen LogP contribution in [0, 0.1) is 5.92 Å². The lowest BCUT2D eigenvalue weighted by molar-refractivity contribution is 0.342. The molecule has 1 rings (SSSR count). The van der Waals surface area contributed by atoms with Gasteiger partial charge in [0.05, 0.1) is 0 Å². The molecule has 86 valence electrons. The Morgan fingerprint density at radius 1 is 1.27 bits per heavy atom. The number of hydrogen-bond donors (Lipinski definition) is 1. The third kappa shape index (κ3) is 3.62. The summed E-state index contributed by atoms with van der Waals surface area (Å²) in [5, 5.41) is 8.14. The van der Waals surface area contributed by atoms with Crippen molar-refractivity contribution in [3.63, 3.8) is 0 Å². The van der Waals surface area contributed by atoms with Crippen LogP contribution in [0.2, 0.25) is 0 Å². The van der Waals surface area contributed by atoms with Gasteiger partial charge in [0, 0.05) is 6.04 Å². The summed E-state index contributed by atoms with van der Waals surface area (Å²) in [6, 6.07) is 2.82. The third-order valence-corrected chi connectivity index (χ3v) is 3.74. The van der Waals surface area contributed by atoms with Crippen LogP contribution < -0.4 is 5.32 Å². The quantitative estimate of drug-likeness (QED) is 0.732. The van der Waals surface area contributed by atoms with Gasteiger partial charge in [-0.05, 0) is 41.3 Å². The van der Waals surface area contributed by atoms with Gasteiger partial charge in [-0.2, -0.15) is 11.3 Å². The van der Waals surface area contributed by atoms with Crippen LogP contribution >= 0.6 is 11.3 Å². The van der Waals surface area contributed by atoms with Crippen molar-refractivity contribution in [2.75, 3.05) is 6.54 Å². The highest BCUT2D eigenvalue weighted by Crippen LogP contribution is 2.28. The fraction of sp³-hybridized carbons (Fsp3) is 0.692. The van der Waals surface area contributed by atoms with Gasteiger partial charge in [-0.3, -0.25) is 0 Å². The molecule has 0 saturated heterocycles. The van der Waals surface area contributed by atoms with Crippen LogP contribution in [0.25, 0.3) is 0 Å². The molecule has 0 aliphatic carbocycles. The van der Waals surface area contributed by atoms with Crippen LogP contribution in [0.15, 0.2) is 16.8 Å². The minimum absolute atomic E-state index is 0.561. The van der Waals surface area contributed by atoms with Gasteiger partial charge in [0.2, 0.25) is 0 Å². The van der Waals surface area contributed by atoms with Crippen molar-refractivity contribution in [1.82, 2.24) is 5.32 Å². The summed E-state index contributed by atoms with van der Waals surface area (Å²) in [6.45, 7) is 7.93. The van der Waals surface area contributed by atoms with Gasteiger partial charge >= 0.3 is 0 Å². The van der Waals surface area contributed by atoms with Gasteiger partial charge in [0.15, 0.2) is 0 Å². The van der Waals surface area contributed by atoms with Crippen molar-refractivity contribution in [1.29, 1.82) is 0 Å². The summed E-state index contributed by atoms with van der Waals surface area (Å²) in [5.74, 6) is 0.770. The van der Waals surface area contributed by atoms with Gasteiger partial charge in [-0.25, -0.2) is 0 Å². The fourth-order valence-electron chi connectivity index (χ4n) is 2.07. The standard InChI is InChI=1S/C13H23NS/c1-4-8-14-13(11(5-2)6-3)12-7-9-15-10-12/h7,9-11,13-14H,4-6,8H2,1-3H3. The van der Waals surface area contributed by atoms with E-state index in [0.717, 1.165) is 12.5 Å². The van der Waals surface area contributed by atoms with Crippen LogP contribution in [0.1, 0.15) is 51.6 Å². The molecule has 0 bridgehead atoms. The van der Waals surface area contributed by atoms with Gasteiger partial charge < -0.3 is 5.32 Å². The smallest absolute Gasteiger partial charge is 0.0356 e. The Hall–Kier alpha value is -0.340. The first-order valence-corrected chi connectivity index (χ1v) is 7.03. The minimum atomic E-state index is 0.561. The maximum Gasteiger partial charge on any atom is 0.0356 e. The average Bonchev–Trinajstić information content (AvgIpc) is 2.77. The van der Waals surface area contributed by atoms with Crippen molar-refractivity contribution in [2.45, 2.75) is 46.1 Å². The molecule has 1 atom stereocenters. The van der Waals surface area contributed by atoms with Crippen LogP contribution in [-0.2, 0) is 0 Å². The van der Waals surface area contributed by atoms with Crippen molar-refractivity contribution < 1.29 is 0 Å². The Bertz CT molecular complexity index is 239. The lowest BCUT2D eigenvalue weighted by atomic mass is 9.90. The summed E-state index contributed by atoms with van der Waals surface area (Å²) in [7, 11) is 0. The van der Waals surface area contributed by atoms with Crippen molar-refractivity contribution in [3.8, 4) is 0 Å². The molecule has 1 aromatic heterocycles. The summed E-state index contributed by atoms with van der Waals surface area (Å²) >= 11 is 1.80. The van der Waals surface area contributed by atoms with E-state index in [1.807, 2.05) is 0 Å². The molecule has 0 aliphatic heterocycles. The second-order valence-corrected chi connectivity index (χ2v) is 4.85. The predicted molar refractivity (Wildman–Crippen MR) is 69.4 cm³/mol. The van der Waals surface area contributed by atoms with E-state index in [-0.39, 0.29) is 0 Å². The number of thiophene rings is 1. The molecule has 15 heavy (non-hydrogen) atoms. The van der Waals surface area contributed by atoms with Gasteiger partial charge in [0.1, 0.15) is 0 Å². The Morgan fingerprint density at radius 2 is 2.00 bits per heavy atom. The summed E-state index contributed by atoms with van der Waals surface area (Å²) in [5.41, 5.74) is 1.47. The van der Waals surface area contributed by atoms with Crippen molar-refractivity contribution in [3.05, 3.63) is 22.4 Å². The molecule has 0 aliphatic rings. The van der Waals surface area contributed by atoms with Gasteiger partial charge in [-0.1, -0.05) is 33.6 Å². The van der Waals surface area contributed by atoms with Crippen LogP contribution in [0.3, 0.4) is 0 Å². The Balaban J connectivity index is 2.68. The highest BCUT2D eigenvalue weighted by molar-refractivity contribution is 7.07. The Morgan fingerprint density at radius 3 is 2.47 bits per heavy atom. The van der Waals surface area contributed by atoms with E-state index in [9.17, 15) is 0 Å².